The summed E-state index contributed by atoms with van der Waals surface area (Å²) >= 11 is 0. The quantitative estimate of drug-likeness (QED) is 0.862. The van der Waals surface area contributed by atoms with Crippen molar-refractivity contribution >= 4 is 27.1 Å². The predicted molar refractivity (Wildman–Crippen MR) is 101 cm³/mol. The second kappa shape index (κ2) is 7.27. The lowest BCUT2D eigenvalue weighted by molar-refractivity contribution is -0.115. The molecule has 1 heterocycles. The Balaban J connectivity index is 1.53. The Kier molecular flexibility index (Phi) is 5.08. The zero-order chi connectivity index (χ0) is 17.9. The molecule has 132 valence electrons. The van der Waals surface area contributed by atoms with E-state index in [1.165, 1.54) is 5.56 Å². The van der Waals surface area contributed by atoms with Gasteiger partial charge in [0.05, 0.1) is 17.9 Å². The van der Waals surface area contributed by atoms with E-state index in [4.69, 9.17) is 0 Å². The van der Waals surface area contributed by atoms with Crippen LogP contribution in [0, 0.1) is 6.92 Å². The molecule has 1 aliphatic heterocycles. The lowest BCUT2D eigenvalue weighted by Gasteiger charge is -2.13. The summed E-state index contributed by atoms with van der Waals surface area (Å²) in [5.74, 6) is 0.367. The van der Waals surface area contributed by atoms with Crippen molar-refractivity contribution < 1.29 is 13.2 Å². The van der Waals surface area contributed by atoms with Gasteiger partial charge in [0.15, 0.2) is 9.84 Å². The molecule has 1 saturated heterocycles. The topological polar surface area (TPSA) is 75.3 Å². The Morgan fingerprint density at radius 1 is 1.04 bits per heavy atom. The lowest BCUT2D eigenvalue weighted by atomic mass is 10.1. The van der Waals surface area contributed by atoms with E-state index in [2.05, 4.69) is 10.6 Å². The summed E-state index contributed by atoms with van der Waals surface area (Å²) in [6, 6.07) is 15.2. The van der Waals surface area contributed by atoms with Crippen LogP contribution in [0.25, 0.3) is 0 Å². The van der Waals surface area contributed by atoms with Crippen LogP contribution in [0.4, 0.5) is 11.4 Å². The highest BCUT2D eigenvalue weighted by molar-refractivity contribution is 7.91. The number of hydrogen-bond donors (Lipinski definition) is 2. The molecule has 2 aromatic rings. The first-order chi connectivity index (χ1) is 11.9. The van der Waals surface area contributed by atoms with Gasteiger partial charge in [0.2, 0.25) is 5.91 Å². The molecule has 2 aromatic carbocycles. The van der Waals surface area contributed by atoms with E-state index in [0.717, 1.165) is 16.9 Å². The van der Waals surface area contributed by atoms with Crippen molar-refractivity contribution in [3.8, 4) is 0 Å². The van der Waals surface area contributed by atoms with Crippen LogP contribution >= 0.6 is 0 Å². The molecule has 25 heavy (non-hydrogen) atoms. The molecule has 0 aliphatic carbocycles. The van der Waals surface area contributed by atoms with Crippen LogP contribution in [0.3, 0.4) is 0 Å². The molecule has 0 spiro atoms. The molecule has 6 heteroatoms. The van der Waals surface area contributed by atoms with Crippen LogP contribution in [0.5, 0.6) is 0 Å². The number of rotatable bonds is 5. The van der Waals surface area contributed by atoms with E-state index in [-0.39, 0.29) is 23.5 Å². The van der Waals surface area contributed by atoms with Crippen LogP contribution < -0.4 is 10.6 Å². The first kappa shape index (κ1) is 17.5. The summed E-state index contributed by atoms with van der Waals surface area (Å²) in [7, 11) is -2.89. The molecule has 2 N–H and O–H groups in total. The van der Waals surface area contributed by atoms with Crippen LogP contribution in [-0.4, -0.2) is 31.9 Å². The monoisotopic (exact) mass is 358 g/mol. The molecule has 5 nitrogen and oxygen atoms in total. The van der Waals surface area contributed by atoms with Gasteiger partial charge in [-0.25, -0.2) is 8.42 Å². The SMILES string of the molecule is Cc1ccc(CC(=O)Nc2ccc(NC3CCS(=O)(=O)C3)cc2)cc1. The number of anilines is 2. The zero-order valence-electron chi connectivity index (χ0n) is 14.2. The maximum absolute atomic E-state index is 12.1. The number of nitrogens with one attached hydrogen (secondary N) is 2. The number of sulfone groups is 1. The van der Waals surface area contributed by atoms with Crippen molar-refractivity contribution in [2.24, 2.45) is 0 Å². The smallest absolute Gasteiger partial charge is 0.228 e. The average Bonchev–Trinajstić information content (AvgIpc) is 2.90. The Labute approximate surface area is 148 Å². The maximum Gasteiger partial charge on any atom is 0.228 e. The van der Waals surface area contributed by atoms with Crippen molar-refractivity contribution in [1.82, 2.24) is 0 Å². The molecule has 0 aromatic heterocycles. The molecule has 1 aliphatic rings. The van der Waals surface area contributed by atoms with E-state index in [0.29, 0.717) is 12.8 Å². The largest absolute Gasteiger partial charge is 0.381 e. The van der Waals surface area contributed by atoms with E-state index >= 15 is 0 Å². The second-order valence-corrected chi connectivity index (χ2v) is 8.76. The standard InChI is InChI=1S/C19H22N2O3S/c1-14-2-4-15(5-3-14)12-19(22)21-17-8-6-16(7-9-17)20-18-10-11-25(23,24)13-18/h2-9,18,20H,10-13H2,1H3,(H,21,22). The maximum atomic E-state index is 12.1. The van der Waals surface area contributed by atoms with Crippen molar-refractivity contribution in [2.45, 2.75) is 25.8 Å². The van der Waals surface area contributed by atoms with Gasteiger partial charge in [-0.3, -0.25) is 4.79 Å². The molecule has 1 amide bonds. The summed E-state index contributed by atoms with van der Waals surface area (Å²) in [4.78, 5) is 12.1. The summed E-state index contributed by atoms with van der Waals surface area (Å²) in [6.07, 6.45) is 0.970. The van der Waals surface area contributed by atoms with E-state index in [1.54, 1.807) is 0 Å². The van der Waals surface area contributed by atoms with E-state index in [1.807, 2.05) is 55.5 Å². The predicted octanol–water partition coefficient (Wildman–Crippen LogP) is 2.78. The van der Waals surface area contributed by atoms with Crippen LogP contribution in [0.15, 0.2) is 48.5 Å². The number of benzene rings is 2. The fourth-order valence-corrected chi connectivity index (χ4v) is 4.56. The third kappa shape index (κ3) is 5.06. The number of hydrogen-bond acceptors (Lipinski definition) is 4. The number of amides is 1. The highest BCUT2D eigenvalue weighted by Crippen LogP contribution is 2.19. The molecule has 0 bridgehead atoms. The Morgan fingerprint density at radius 2 is 1.68 bits per heavy atom. The first-order valence-electron chi connectivity index (χ1n) is 8.32. The highest BCUT2D eigenvalue weighted by Gasteiger charge is 2.27. The van der Waals surface area contributed by atoms with Crippen LogP contribution in [0.2, 0.25) is 0 Å². The van der Waals surface area contributed by atoms with Crippen molar-refractivity contribution in [1.29, 1.82) is 0 Å². The summed E-state index contributed by atoms with van der Waals surface area (Å²) in [6.45, 7) is 2.01. The number of carbonyl (C=O) groups is 1. The summed E-state index contributed by atoms with van der Waals surface area (Å²) in [5, 5.41) is 6.11. The second-order valence-electron chi connectivity index (χ2n) is 6.53. The van der Waals surface area contributed by atoms with E-state index in [9.17, 15) is 13.2 Å². The third-order valence-electron chi connectivity index (χ3n) is 4.26. The number of carbonyl (C=O) groups excluding carboxylic acids is 1. The normalized spacial score (nSPS) is 18.7. The molecular weight excluding hydrogens is 336 g/mol. The van der Waals surface area contributed by atoms with E-state index < -0.39 is 9.84 Å². The van der Waals surface area contributed by atoms with Gasteiger partial charge in [-0.05, 0) is 43.2 Å². The lowest BCUT2D eigenvalue weighted by Crippen LogP contribution is -2.20. The van der Waals surface area contributed by atoms with Gasteiger partial charge < -0.3 is 10.6 Å². The number of aryl methyl sites for hydroxylation is 1. The molecule has 1 fully saturated rings. The van der Waals surface area contributed by atoms with Gasteiger partial charge in [-0.15, -0.1) is 0 Å². The minimum atomic E-state index is -2.89. The average molecular weight is 358 g/mol. The fraction of sp³-hybridized carbons (Fsp3) is 0.316. The molecule has 0 saturated carbocycles. The Bertz CT molecular complexity index is 843. The van der Waals surface area contributed by atoms with Crippen molar-refractivity contribution in [3.63, 3.8) is 0 Å². The molecule has 1 atom stereocenters. The molecule has 3 rings (SSSR count). The fourth-order valence-electron chi connectivity index (χ4n) is 2.89. The van der Waals surface area contributed by atoms with Gasteiger partial charge in [-0.1, -0.05) is 29.8 Å². The Morgan fingerprint density at radius 3 is 2.28 bits per heavy atom. The molecular formula is C19H22N2O3S. The van der Waals surface area contributed by atoms with Crippen LogP contribution in [0.1, 0.15) is 17.5 Å². The minimum Gasteiger partial charge on any atom is -0.381 e. The van der Waals surface area contributed by atoms with Crippen LogP contribution in [-0.2, 0) is 21.1 Å². The zero-order valence-corrected chi connectivity index (χ0v) is 15.0. The first-order valence-corrected chi connectivity index (χ1v) is 10.1. The Hall–Kier alpha value is -2.34. The van der Waals surface area contributed by atoms with Gasteiger partial charge in [0.25, 0.3) is 0 Å². The summed E-state index contributed by atoms with van der Waals surface area (Å²) < 4.78 is 23.0. The molecule has 0 radical (unpaired) electrons. The van der Waals surface area contributed by atoms with Gasteiger partial charge in [0, 0.05) is 17.4 Å². The van der Waals surface area contributed by atoms with Crippen molar-refractivity contribution in [2.75, 3.05) is 22.1 Å². The molecule has 1 unspecified atom stereocenters. The third-order valence-corrected chi connectivity index (χ3v) is 6.03. The van der Waals surface area contributed by atoms with Crippen molar-refractivity contribution in [3.05, 3.63) is 59.7 Å². The minimum absolute atomic E-state index is 0.0352. The highest BCUT2D eigenvalue weighted by atomic mass is 32.2. The van der Waals surface area contributed by atoms with Gasteiger partial charge in [0.1, 0.15) is 0 Å². The van der Waals surface area contributed by atoms with Gasteiger partial charge >= 0.3 is 0 Å². The van der Waals surface area contributed by atoms with Gasteiger partial charge in [-0.2, -0.15) is 0 Å². The summed E-state index contributed by atoms with van der Waals surface area (Å²) in [5.41, 5.74) is 3.73.